The Morgan fingerprint density at radius 2 is 2.00 bits per heavy atom. The molecule has 0 spiro atoms. The molecule has 0 aromatic heterocycles. The van der Waals surface area contributed by atoms with Crippen molar-refractivity contribution in [2.24, 2.45) is 0 Å². The van der Waals surface area contributed by atoms with Crippen molar-refractivity contribution in [1.82, 2.24) is 0 Å². The summed E-state index contributed by atoms with van der Waals surface area (Å²) in [5.74, 6) is -0.200. The molecule has 0 saturated carbocycles. The molecule has 0 saturated heterocycles. The summed E-state index contributed by atoms with van der Waals surface area (Å²) in [6.45, 7) is 1.55. The first kappa shape index (κ1) is 21.5. The van der Waals surface area contributed by atoms with E-state index in [1.54, 1.807) is 24.3 Å². The predicted octanol–water partition coefficient (Wildman–Crippen LogP) is 3.36. The highest BCUT2D eigenvalue weighted by atomic mass is 16.5. The van der Waals surface area contributed by atoms with E-state index in [2.05, 4.69) is 5.32 Å². The largest absolute Gasteiger partial charge is 0.493 e. The Morgan fingerprint density at radius 3 is 2.72 bits per heavy atom. The summed E-state index contributed by atoms with van der Waals surface area (Å²) in [5, 5.41) is 11.3. The van der Waals surface area contributed by atoms with E-state index in [1.165, 1.54) is 19.3 Å². The number of ether oxygens (including phenoxy) is 3. The maximum Gasteiger partial charge on any atom is 0.331 e. The molecule has 0 aliphatic rings. The van der Waals surface area contributed by atoms with Crippen molar-refractivity contribution in [1.29, 1.82) is 5.26 Å². The van der Waals surface area contributed by atoms with Gasteiger partial charge in [0.05, 0.1) is 7.11 Å². The summed E-state index contributed by atoms with van der Waals surface area (Å²) in [4.78, 5) is 23.8. The molecule has 0 atom stereocenters. The number of carbonyl (C=O) groups excluding carboxylic acids is 2. The van der Waals surface area contributed by atoms with E-state index in [1.807, 2.05) is 31.2 Å². The van der Waals surface area contributed by atoms with Crippen molar-refractivity contribution in [3.05, 3.63) is 59.7 Å². The number of nitriles is 1. The molecule has 2 rings (SSSR count). The van der Waals surface area contributed by atoms with Gasteiger partial charge in [0.25, 0.3) is 5.91 Å². The number of nitrogens with zero attached hydrogens (tertiary/aromatic N) is 1. The highest BCUT2D eigenvalue weighted by Gasteiger charge is 2.07. The van der Waals surface area contributed by atoms with Crippen LogP contribution in [-0.2, 0) is 20.7 Å². The molecule has 7 heteroatoms. The molecule has 0 fully saturated rings. The van der Waals surface area contributed by atoms with Crippen molar-refractivity contribution >= 4 is 23.6 Å². The number of nitrogens with one attached hydrogen (secondary N) is 1. The van der Waals surface area contributed by atoms with Crippen LogP contribution < -0.4 is 14.8 Å². The molecular formula is C22H22N2O5. The number of anilines is 1. The zero-order chi connectivity index (χ0) is 21.1. The zero-order valence-electron chi connectivity index (χ0n) is 16.3. The van der Waals surface area contributed by atoms with Crippen LogP contribution in [0.25, 0.3) is 6.08 Å². The normalized spacial score (nSPS) is 10.2. The van der Waals surface area contributed by atoms with Crippen molar-refractivity contribution in [3.63, 3.8) is 0 Å². The third-order valence-corrected chi connectivity index (χ3v) is 3.86. The first-order valence-corrected chi connectivity index (χ1v) is 8.97. The predicted molar refractivity (Wildman–Crippen MR) is 109 cm³/mol. The van der Waals surface area contributed by atoms with Gasteiger partial charge in [-0.25, -0.2) is 4.79 Å². The molecule has 1 N–H and O–H groups in total. The molecule has 0 unspecified atom stereocenters. The molecule has 1 amide bonds. The van der Waals surface area contributed by atoms with E-state index >= 15 is 0 Å². The van der Waals surface area contributed by atoms with Crippen LogP contribution in [0.5, 0.6) is 11.5 Å². The summed E-state index contributed by atoms with van der Waals surface area (Å²) in [6, 6.07) is 14.3. The fourth-order valence-electron chi connectivity index (χ4n) is 2.43. The van der Waals surface area contributed by atoms with Gasteiger partial charge in [-0.05, 0) is 47.9 Å². The fraction of sp³-hybridized carbons (Fsp3) is 0.227. The molecule has 0 aliphatic heterocycles. The van der Waals surface area contributed by atoms with Gasteiger partial charge in [0.2, 0.25) is 0 Å². The quantitative estimate of drug-likeness (QED) is 0.517. The highest BCUT2D eigenvalue weighted by Crippen LogP contribution is 2.28. The van der Waals surface area contributed by atoms with E-state index in [0.717, 1.165) is 12.0 Å². The molecule has 2 aromatic carbocycles. The second kappa shape index (κ2) is 11.1. The van der Waals surface area contributed by atoms with Gasteiger partial charge >= 0.3 is 5.97 Å². The summed E-state index contributed by atoms with van der Waals surface area (Å²) in [7, 11) is 1.48. The third-order valence-electron chi connectivity index (χ3n) is 3.86. The number of hydrogen-bond acceptors (Lipinski definition) is 6. The smallest absolute Gasteiger partial charge is 0.331 e. The lowest BCUT2D eigenvalue weighted by atomic mass is 10.1. The van der Waals surface area contributed by atoms with Gasteiger partial charge in [0.15, 0.2) is 24.7 Å². The van der Waals surface area contributed by atoms with E-state index in [4.69, 9.17) is 19.5 Å². The van der Waals surface area contributed by atoms with Crippen LogP contribution in [0.3, 0.4) is 0 Å². The number of esters is 1. The Labute approximate surface area is 169 Å². The van der Waals surface area contributed by atoms with Gasteiger partial charge in [-0.15, -0.1) is 0 Å². The minimum absolute atomic E-state index is 0.0946. The van der Waals surface area contributed by atoms with Gasteiger partial charge in [-0.3, -0.25) is 4.79 Å². The van der Waals surface area contributed by atoms with Crippen LogP contribution in [0.4, 0.5) is 5.69 Å². The van der Waals surface area contributed by atoms with Crippen molar-refractivity contribution in [3.8, 4) is 17.6 Å². The van der Waals surface area contributed by atoms with Crippen LogP contribution in [0.2, 0.25) is 0 Å². The lowest BCUT2D eigenvalue weighted by Crippen LogP contribution is -2.20. The van der Waals surface area contributed by atoms with Gasteiger partial charge < -0.3 is 19.5 Å². The second-order valence-electron chi connectivity index (χ2n) is 5.90. The number of carbonyl (C=O) groups is 2. The van der Waals surface area contributed by atoms with Crippen molar-refractivity contribution in [2.45, 2.75) is 13.3 Å². The van der Waals surface area contributed by atoms with Gasteiger partial charge in [-0.2, -0.15) is 5.26 Å². The number of aryl methyl sites for hydroxylation is 1. The van der Waals surface area contributed by atoms with Gasteiger partial charge in [0, 0.05) is 11.8 Å². The van der Waals surface area contributed by atoms with Crippen molar-refractivity contribution in [2.75, 3.05) is 25.6 Å². The maximum atomic E-state index is 11.9. The molecule has 0 heterocycles. The second-order valence-corrected chi connectivity index (χ2v) is 5.90. The third kappa shape index (κ3) is 7.03. The van der Waals surface area contributed by atoms with E-state index < -0.39 is 11.9 Å². The average molecular weight is 394 g/mol. The SMILES string of the molecule is CCc1cccc(NC(=O)COC(=O)/C=C/c2ccc(OCC#N)c(OC)c2)c1. The Balaban J connectivity index is 1.87. The number of hydrogen-bond donors (Lipinski definition) is 1. The number of benzene rings is 2. The van der Waals surface area contributed by atoms with Gasteiger partial charge in [-0.1, -0.05) is 25.1 Å². The van der Waals surface area contributed by atoms with E-state index in [9.17, 15) is 9.59 Å². The number of methoxy groups -OCH3 is 1. The summed E-state index contributed by atoms with van der Waals surface area (Å²) in [5.41, 5.74) is 2.43. The molecule has 150 valence electrons. The maximum absolute atomic E-state index is 11.9. The molecule has 2 aromatic rings. The molecule has 29 heavy (non-hydrogen) atoms. The molecular weight excluding hydrogens is 372 g/mol. The Hall–Kier alpha value is -3.79. The lowest BCUT2D eigenvalue weighted by Gasteiger charge is -2.09. The zero-order valence-corrected chi connectivity index (χ0v) is 16.3. The van der Waals surface area contributed by atoms with Crippen LogP contribution in [0.15, 0.2) is 48.5 Å². The van der Waals surface area contributed by atoms with E-state index in [-0.39, 0.29) is 13.2 Å². The standard InChI is InChI=1S/C22H22N2O5/c1-3-16-5-4-6-18(13-16)24-21(25)15-29-22(26)10-8-17-7-9-19(28-12-11-23)20(14-17)27-2/h4-10,13-14H,3,12,15H2,1-2H3,(H,24,25)/b10-8+. The Morgan fingerprint density at radius 1 is 1.17 bits per heavy atom. The van der Waals surface area contributed by atoms with E-state index in [0.29, 0.717) is 22.7 Å². The minimum Gasteiger partial charge on any atom is -0.493 e. The molecule has 0 bridgehead atoms. The van der Waals surface area contributed by atoms with Crippen molar-refractivity contribution < 1.29 is 23.8 Å². The summed E-state index contributed by atoms with van der Waals surface area (Å²) < 4.78 is 15.4. The van der Waals surface area contributed by atoms with Gasteiger partial charge in [0.1, 0.15) is 6.07 Å². The number of rotatable bonds is 9. The average Bonchev–Trinajstić information content (AvgIpc) is 2.75. The first-order valence-electron chi connectivity index (χ1n) is 8.97. The lowest BCUT2D eigenvalue weighted by molar-refractivity contribution is -0.142. The molecule has 7 nitrogen and oxygen atoms in total. The van der Waals surface area contributed by atoms with Crippen LogP contribution >= 0.6 is 0 Å². The summed E-state index contributed by atoms with van der Waals surface area (Å²) >= 11 is 0. The fourth-order valence-corrected chi connectivity index (χ4v) is 2.43. The monoisotopic (exact) mass is 394 g/mol. The number of amides is 1. The van der Waals surface area contributed by atoms with Crippen LogP contribution in [0, 0.1) is 11.3 Å². The Kier molecular flexibility index (Phi) is 8.27. The summed E-state index contributed by atoms with van der Waals surface area (Å²) in [6.07, 6.45) is 3.61. The van der Waals surface area contributed by atoms with Crippen LogP contribution in [0.1, 0.15) is 18.1 Å². The molecule has 0 aliphatic carbocycles. The first-order chi connectivity index (χ1) is 14.0. The Bertz CT molecular complexity index is 931. The van der Waals surface area contributed by atoms with Crippen LogP contribution in [-0.4, -0.2) is 32.2 Å². The molecule has 0 radical (unpaired) electrons. The highest BCUT2D eigenvalue weighted by molar-refractivity contribution is 5.94. The minimum atomic E-state index is -0.647. The topological polar surface area (TPSA) is 97.6 Å².